The molecule has 1 atom stereocenters. The summed E-state index contributed by atoms with van der Waals surface area (Å²) in [6.07, 6.45) is 4.18. The molecule has 2 aromatic rings. The van der Waals surface area contributed by atoms with E-state index in [0.29, 0.717) is 11.4 Å². The topological polar surface area (TPSA) is 79.4 Å². The van der Waals surface area contributed by atoms with Gasteiger partial charge in [0.15, 0.2) is 0 Å². The SMILES string of the molecule is Cc1cccc(N([C@H](C)C(=O)Nc2cccnc2)S(C)(=O)=O)c1. The molecule has 7 heteroatoms. The van der Waals surface area contributed by atoms with E-state index in [0.717, 1.165) is 16.1 Å². The number of nitrogens with zero attached hydrogens (tertiary/aromatic N) is 2. The zero-order valence-electron chi connectivity index (χ0n) is 13.2. The number of carbonyl (C=O) groups excluding carboxylic acids is 1. The highest BCUT2D eigenvalue weighted by atomic mass is 32.2. The van der Waals surface area contributed by atoms with Crippen molar-refractivity contribution in [2.45, 2.75) is 19.9 Å². The van der Waals surface area contributed by atoms with E-state index in [1.807, 2.05) is 13.0 Å². The Kier molecular flexibility index (Phi) is 5.00. The fourth-order valence-electron chi connectivity index (χ4n) is 2.26. The Morgan fingerprint density at radius 2 is 2.00 bits per heavy atom. The highest BCUT2D eigenvalue weighted by molar-refractivity contribution is 7.92. The summed E-state index contributed by atoms with van der Waals surface area (Å²) in [6.45, 7) is 3.42. The number of pyridine rings is 1. The van der Waals surface area contributed by atoms with Crippen LogP contribution in [0.15, 0.2) is 48.8 Å². The number of hydrogen-bond acceptors (Lipinski definition) is 4. The fourth-order valence-corrected chi connectivity index (χ4v) is 3.42. The number of anilines is 2. The molecule has 0 unspecified atom stereocenters. The number of nitrogens with one attached hydrogen (secondary N) is 1. The summed E-state index contributed by atoms with van der Waals surface area (Å²) in [5, 5.41) is 2.67. The number of amides is 1. The van der Waals surface area contributed by atoms with Crippen molar-refractivity contribution in [2.75, 3.05) is 15.9 Å². The van der Waals surface area contributed by atoms with Crippen LogP contribution in [0.2, 0.25) is 0 Å². The molecule has 23 heavy (non-hydrogen) atoms. The largest absolute Gasteiger partial charge is 0.323 e. The standard InChI is InChI=1S/C16H19N3O3S/c1-12-6-4-8-15(10-12)19(23(3,21)22)13(2)16(20)18-14-7-5-9-17-11-14/h4-11,13H,1-3H3,(H,18,20)/t13-/m1/s1. The number of aryl methyl sites for hydroxylation is 1. The van der Waals surface area contributed by atoms with Gasteiger partial charge < -0.3 is 5.32 Å². The van der Waals surface area contributed by atoms with Gasteiger partial charge in [-0.05, 0) is 43.7 Å². The van der Waals surface area contributed by atoms with Crippen LogP contribution in [-0.2, 0) is 14.8 Å². The number of benzene rings is 1. The Morgan fingerprint density at radius 3 is 2.57 bits per heavy atom. The van der Waals surface area contributed by atoms with Crippen molar-refractivity contribution in [2.24, 2.45) is 0 Å². The molecule has 0 saturated carbocycles. The third-order valence-electron chi connectivity index (χ3n) is 3.27. The van der Waals surface area contributed by atoms with Gasteiger partial charge in [-0.2, -0.15) is 0 Å². The van der Waals surface area contributed by atoms with E-state index in [1.54, 1.807) is 43.5 Å². The summed E-state index contributed by atoms with van der Waals surface area (Å²) >= 11 is 0. The normalized spacial score (nSPS) is 12.5. The van der Waals surface area contributed by atoms with Crippen molar-refractivity contribution in [1.82, 2.24) is 4.98 Å². The Hall–Kier alpha value is -2.41. The molecule has 0 aliphatic rings. The first kappa shape index (κ1) is 17.0. The molecule has 1 N–H and O–H groups in total. The average Bonchev–Trinajstić information content (AvgIpc) is 2.47. The van der Waals surface area contributed by atoms with Crippen LogP contribution in [0.5, 0.6) is 0 Å². The summed E-state index contributed by atoms with van der Waals surface area (Å²) in [5.74, 6) is -0.426. The first-order valence-corrected chi connectivity index (χ1v) is 8.91. The van der Waals surface area contributed by atoms with Crippen molar-refractivity contribution >= 4 is 27.3 Å². The average molecular weight is 333 g/mol. The van der Waals surface area contributed by atoms with Crippen molar-refractivity contribution in [3.63, 3.8) is 0 Å². The van der Waals surface area contributed by atoms with Crippen LogP contribution in [0, 0.1) is 6.92 Å². The second-order valence-corrected chi connectivity index (χ2v) is 7.16. The molecular formula is C16H19N3O3S. The van der Waals surface area contributed by atoms with Crippen LogP contribution < -0.4 is 9.62 Å². The van der Waals surface area contributed by atoms with E-state index in [9.17, 15) is 13.2 Å². The van der Waals surface area contributed by atoms with E-state index in [-0.39, 0.29) is 0 Å². The van der Waals surface area contributed by atoms with E-state index < -0.39 is 22.0 Å². The minimum Gasteiger partial charge on any atom is -0.323 e. The Bertz CT molecular complexity index is 791. The number of carbonyl (C=O) groups is 1. The second-order valence-electron chi connectivity index (χ2n) is 5.30. The maximum Gasteiger partial charge on any atom is 0.248 e. The molecule has 1 amide bonds. The predicted octanol–water partition coefficient (Wildman–Crippen LogP) is 2.18. The summed E-state index contributed by atoms with van der Waals surface area (Å²) in [5.41, 5.74) is 1.89. The van der Waals surface area contributed by atoms with E-state index in [4.69, 9.17) is 0 Å². The lowest BCUT2D eigenvalue weighted by Gasteiger charge is -2.28. The lowest BCUT2D eigenvalue weighted by molar-refractivity contribution is -0.116. The zero-order valence-corrected chi connectivity index (χ0v) is 14.0. The molecule has 0 aliphatic heterocycles. The first-order chi connectivity index (χ1) is 10.8. The molecule has 0 bridgehead atoms. The number of sulfonamides is 1. The van der Waals surface area contributed by atoms with E-state index in [2.05, 4.69) is 10.3 Å². The van der Waals surface area contributed by atoms with Gasteiger partial charge in [-0.3, -0.25) is 14.1 Å². The number of aromatic nitrogens is 1. The molecule has 1 heterocycles. The number of rotatable bonds is 5. The molecule has 0 fully saturated rings. The molecule has 0 radical (unpaired) electrons. The minimum atomic E-state index is -3.61. The van der Waals surface area contributed by atoms with E-state index >= 15 is 0 Å². The lowest BCUT2D eigenvalue weighted by Crippen LogP contribution is -2.45. The van der Waals surface area contributed by atoms with Crippen LogP contribution in [0.4, 0.5) is 11.4 Å². The Balaban J connectivity index is 2.31. The Morgan fingerprint density at radius 1 is 1.26 bits per heavy atom. The maximum atomic E-state index is 12.4. The minimum absolute atomic E-state index is 0.426. The molecule has 1 aromatic heterocycles. The quantitative estimate of drug-likeness (QED) is 0.909. The molecule has 122 valence electrons. The molecule has 0 saturated heterocycles. The fraction of sp³-hybridized carbons (Fsp3) is 0.250. The van der Waals surface area contributed by atoms with Gasteiger partial charge in [0, 0.05) is 6.20 Å². The van der Waals surface area contributed by atoms with Gasteiger partial charge in [0.1, 0.15) is 6.04 Å². The molecule has 0 spiro atoms. The smallest absolute Gasteiger partial charge is 0.248 e. The summed E-state index contributed by atoms with van der Waals surface area (Å²) in [6, 6.07) is 9.51. The van der Waals surface area contributed by atoms with Gasteiger partial charge in [-0.1, -0.05) is 12.1 Å². The van der Waals surface area contributed by atoms with E-state index in [1.165, 1.54) is 6.20 Å². The van der Waals surface area contributed by atoms with Crippen molar-refractivity contribution < 1.29 is 13.2 Å². The van der Waals surface area contributed by atoms with Gasteiger partial charge in [0.2, 0.25) is 15.9 Å². The van der Waals surface area contributed by atoms with Gasteiger partial charge in [0.25, 0.3) is 0 Å². The van der Waals surface area contributed by atoms with Gasteiger partial charge in [-0.15, -0.1) is 0 Å². The third kappa shape index (κ3) is 4.29. The summed E-state index contributed by atoms with van der Waals surface area (Å²) < 4.78 is 25.5. The molecule has 2 rings (SSSR count). The first-order valence-electron chi connectivity index (χ1n) is 7.06. The Labute approximate surface area is 136 Å². The predicted molar refractivity (Wildman–Crippen MR) is 90.8 cm³/mol. The van der Waals surface area contributed by atoms with Gasteiger partial charge in [0.05, 0.1) is 23.8 Å². The van der Waals surface area contributed by atoms with Crippen molar-refractivity contribution in [1.29, 1.82) is 0 Å². The van der Waals surface area contributed by atoms with Crippen LogP contribution in [0.25, 0.3) is 0 Å². The van der Waals surface area contributed by atoms with Crippen LogP contribution in [-0.4, -0.2) is 31.6 Å². The number of hydrogen-bond donors (Lipinski definition) is 1. The summed E-state index contributed by atoms with van der Waals surface area (Å²) in [4.78, 5) is 16.3. The van der Waals surface area contributed by atoms with Gasteiger partial charge >= 0.3 is 0 Å². The van der Waals surface area contributed by atoms with Crippen molar-refractivity contribution in [3.8, 4) is 0 Å². The lowest BCUT2D eigenvalue weighted by atomic mass is 10.2. The molecule has 6 nitrogen and oxygen atoms in total. The maximum absolute atomic E-state index is 12.4. The highest BCUT2D eigenvalue weighted by Gasteiger charge is 2.29. The van der Waals surface area contributed by atoms with Crippen LogP contribution in [0.3, 0.4) is 0 Å². The second kappa shape index (κ2) is 6.78. The molecular weight excluding hydrogens is 314 g/mol. The van der Waals surface area contributed by atoms with Crippen LogP contribution >= 0.6 is 0 Å². The van der Waals surface area contributed by atoms with Crippen LogP contribution in [0.1, 0.15) is 12.5 Å². The molecule has 1 aromatic carbocycles. The zero-order chi connectivity index (χ0) is 17.0. The highest BCUT2D eigenvalue weighted by Crippen LogP contribution is 2.22. The van der Waals surface area contributed by atoms with Gasteiger partial charge in [-0.25, -0.2) is 8.42 Å². The van der Waals surface area contributed by atoms with Crippen molar-refractivity contribution in [3.05, 3.63) is 54.4 Å². The monoisotopic (exact) mass is 333 g/mol. The molecule has 0 aliphatic carbocycles. The summed E-state index contributed by atoms with van der Waals surface area (Å²) in [7, 11) is -3.61. The third-order valence-corrected chi connectivity index (χ3v) is 4.52.